The van der Waals surface area contributed by atoms with Gasteiger partial charge in [-0.3, -0.25) is 0 Å². The first-order chi connectivity index (χ1) is 9.72. The van der Waals surface area contributed by atoms with Crippen molar-refractivity contribution in [2.24, 2.45) is 0 Å². The van der Waals surface area contributed by atoms with E-state index in [0.717, 1.165) is 11.1 Å². The standard InChI is InChI=1S/C15H9Cl2N3/c16-12-8-6-11(7-9-12)14-18-13(19-15(17)20-14)10-4-2-1-3-5-10/h1-9H. The van der Waals surface area contributed by atoms with Crippen LogP contribution < -0.4 is 0 Å². The van der Waals surface area contributed by atoms with Crippen molar-refractivity contribution in [1.82, 2.24) is 15.0 Å². The van der Waals surface area contributed by atoms with Gasteiger partial charge in [-0.15, -0.1) is 0 Å². The van der Waals surface area contributed by atoms with Gasteiger partial charge in [-0.25, -0.2) is 4.98 Å². The van der Waals surface area contributed by atoms with E-state index >= 15 is 0 Å². The van der Waals surface area contributed by atoms with Crippen molar-refractivity contribution in [3.8, 4) is 22.8 Å². The molecule has 0 amide bonds. The van der Waals surface area contributed by atoms with E-state index in [9.17, 15) is 0 Å². The van der Waals surface area contributed by atoms with Crippen LogP contribution in [0.1, 0.15) is 0 Å². The lowest BCUT2D eigenvalue weighted by Gasteiger charge is -2.04. The van der Waals surface area contributed by atoms with E-state index in [4.69, 9.17) is 23.2 Å². The summed E-state index contributed by atoms with van der Waals surface area (Å²) in [5.74, 6) is 1.08. The van der Waals surface area contributed by atoms with E-state index in [0.29, 0.717) is 16.7 Å². The molecule has 0 saturated carbocycles. The van der Waals surface area contributed by atoms with Gasteiger partial charge in [0, 0.05) is 16.1 Å². The molecular weight excluding hydrogens is 293 g/mol. The van der Waals surface area contributed by atoms with Gasteiger partial charge in [-0.1, -0.05) is 41.9 Å². The third-order valence-electron chi connectivity index (χ3n) is 2.74. The predicted octanol–water partition coefficient (Wildman–Crippen LogP) is 4.51. The molecule has 0 aliphatic heterocycles. The van der Waals surface area contributed by atoms with Crippen molar-refractivity contribution in [3.05, 3.63) is 64.9 Å². The van der Waals surface area contributed by atoms with Gasteiger partial charge in [0.25, 0.3) is 0 Å². The van der Waals surface area contributed by atoms with Gasteiger partial charge in [0.1, 0.15) is 0 Å². The van der Waals surface area contributed by atoms with Crippen LogP contribution in [0.2, 0.25) is 10.3 Å². The number of rotatable bonds is 2. The van der Waals surface area contributed by atoms with Gasteiger partial charge >= 0.3 is 0 Å². The molecule has 1 heterocycles. The second kappa shape index (κ2) is 5.57. The highest BCUT2D eigenvalue weighted by molar-refractivity contribution is 6.30. The lowest BCUT2D eigenvalue weighted by Crippen LogP contribution is -1.96. The summed E-state index contributed by atoms with van der Waals surface area (Å²) in [6, 6.07) is 16.9. The van der Waals surface area contributed by atoms with Gasteiger partial charge in [-0.05, 0) is 35.9 Å². The second-order valence-corrected chi connectivity index (χ2v) is 4.90. The second-order valence-electron chi connectivity index (χ2n) is 4.12. The van der Waals surface area contributed by atoms with Gasteiger partial charge in [0.05, 0.1) is 0 Å². The molecule has 0 fully saturated rings. The minimum atomic E-state index is 0.170. The number of benzene rings is 2. The lowest BCUT2D eigenvalue weighted by atomic mass is 10.2. The molecule has 0 atom stereocenters. The zero-order valence-electron chi connectivity index (χ0n) is 10.3. The summed E-state index contributed by atoms with van der Waals surface area (Å²) in [6.07, 6.45) is 0. The molecule has 98 valence electrons. The van der Waals surface area contributed by atoms with Crippen molar-refractivity contribution < 1.29 is 0 Å². The molecule has 1 aromatic heterocycles. The summed E-state index contributed by atoms with van der Waals surface area (Å²) < 4.78 is 0. The Kier molecular flexibility index (Phi) is 3.63. The SMILES string of the molecule is Clc1ccc(-c2nc(Cl)nc(-c3ccccc3)n2)cc1. The van der Waals surface area contributed by atoms with E-state index < -0.39 is 0 Å². The van der Waals surface area contributed by atoms with Crippen molar-refractivity contribution in [1.29, 1.82) is 0 Å². The fourth-order valence-corrected chi connectivity index (χ4v) is 2.08. The minimum Gasteiger partial charge on any atom is -0.208 e. The molecule has 5 heteroatoms. The van der Waals surface area contributed by atoms with Crippen molar-refractivity contribution in [3.63, 3.8) is 0 Å². The van der Waals surface area contributed by atoms with E-state index in [-0.39, 0.29) is 5.28 Å². The maximum Gasteiger partial charge on any atom is 0.226 e. The molecule has 0 saturated heterocycles. The highest BCUT2D eigenvalue weighted by Crippen LogP contribution is 2.22. The quantitative estimate of drug-likeness (QED) is 0.699. The Morgan fingerprint density at radius 1 is 0.600 bits per heavy atom. The molecule has 0 N–H and O–H groups in total. The Morgan fingerprint density at radius 3 is 1.75 bits per heavy atom. The fourth-order valence-electron chi connectivity index (χ4n) is 1.79. The van der Waals surface area contributed by atoms with Crippen molar-refractivity contribution in [2.45, 2.75) is 0 Å². The maximum atomic E-state index is 5.99. The van der Waals surface area contributed by atoms with E-state index in [1.54, 1.807) is 12.1 Å². The van der Waals surface area contributed by atoms with Crippen LogP contribution in [0.25, 0.3) is 22.8 Å². The first-order valence-corrected chi connectivity index (χ1v) is 6.71. The van der Waals surface area contributed by atoms with Crippen molar-refractivity contribution >= 4 is 23.2 Å². The molecule has 20 heavy (non-hydrogen) atoms. The molecule has 2 aromatic carbocycles. The molecule has 0 bridgehead atoms. The number of aromatic nitrogens is 3. The topological polar surface area (TPSA) is 38.7 Å². The minimum absolute atomic E-state index is 0.170. The number of nitrogens with zero attached hydrogens (tertiary/aromatic N) is 3. The van der Waals surface area contributed by atoms with Crippen molar-refractivity contribution in [2.75, 3.05) is 0 Å². The summed E-state index contributed by atoms with van der Waals surface area (Å²) in [5.41, 5.74) is 1.74. The maximum absolute atomic E-state index is 5.99. The van der Waals surface area contributed by atoms with Crippen LogP contribution >= 0.6 is 23.2 Å². The average Bonchev–Trinajstić information content (AvgIpc) is 2.48. The summed E-state index contributed by atoms with van der Waals surface area (Å²) in [7, 11) is 0. The van der Waals surface area contributed by atoms with Crippen LogP contribution in [0, 0.1) is 0 Å². The Labute approximate surface area is 126 Å². The van der Waals surface area contributed by atoms with Crippen LogP contribution in [-0.4, -0.2) is 15.0 Å². The molecule has 3 nitrogen and oxygen atoms in total. The molecule has 3 rings (SSSR count). The molecule has 3 aromatic rings. The van der Waals surface area contributed by atoms with Gasteiger partial charge in [0.15, 0.2) is 11.6 Å². The molecule has 0 spiro atoms. The van der Waals surface area contributed by atoms with Crippen LogP contribution in [0.4, 0.5) is 0 Å². The van der Waals surface area contributed by atoms with E-state index in [1.165, 1.54) is 0 Å². The van der Waals surface area contributed by atoms with Gasteiger partial charge in [-0.2, -0.15) is 9.97 Å². The fraction of sp³-hybridized carbons (Fsp3) is 0. The smallest absolute Gasteiger partial charge is 0.208 e. The number of hydrogen-bond acceptors (Lipinski definition) is 3. The normalized spacial score (nSPS) is 10.5. The summed E-state index contributed by atoms with van der Waals surface area (Å²) in [6.45, 7) is 0. The Bertz CT molecular complexity index is 728. The monoisotopic (exact) mass is 301 g/mol. The van der Waals surface area contributed by atoms with Gasteiger partial charge in [0.2, 0.25) is 5.28 Å². The molecule has 0 aliphatic carbocycles. The summed E-state index contributed by atoms with van der Waals surface area (Å²) in [4.78, 5) is 12.8. The molecule has 0 unspecified atom stereocenters. The van der Waals surface area contributed by atoms with E-state index in [1.807, 2.05) is 42.5 Å². The third-order valence-corrected chi connectivity index (χ3v) is 3.16. The van der Waals surface area contributed by atoms with Crippen LogP contribution in [0.15, 0.2) is 54.6 Å². The third kappa shape index (κ3) is 2.79. The Morgan fingerprint density at radius 2 is 1.15 bits per heavy atom. The average molecular weight is 302 g/mol. The number of halogens is 2. The first kappa shape index (κ1) is 13.0. The molecule has 0 radical (unpaired) electrons. The largest absolute Gasteiger partial charge is 0.226 e. The molecular formula is C15H9Cl2N3. The Balaban J connectivity index is 2.09. The summed E-state index contributed by atoms with van der Waals surface area (Å²) >= 11 is 11.9. The Hall–Kier alpha value is -1.97. The van der Waals surface area contributed by atoms with Crippen LogP contribution in [-0.2, 0) is 0 Å². The zero-order valence-corrected chi connectivity index (χ0v) is 11.8. The van der Waals surface area contributed by atoms with Crippen LogP contribution in [0.3, 0.4) is 0 Å². The highest BCUT2D eigenvalue weighted by Gasteiger charge is 2.08. The van der Waals surface area contributed by atoms with Crippen LogP contribution in [0.5, 0.6) is 0 Å². The highest BCUT2D eigenvalue weighted by atomic mass is 35.5. The molecule has 0 aliphatic rings. The predicted molar refractivity (Wildman–Crippen MR) is 80.7 cm³/mol. The number of hydrogen-bond donors (Lipinski definition) is 0. The summed E-state index contributed by atoms with van der Waals surface area (Å²) in [5, 5.41) is 0.834. The van der Waals surface area contributed by atoms with Gasteiger partial charge < -0.3 is 0 Å². The first-order valence-electron chi connectivity index (χ1n) is 5.95. The lowest BCUT2D eigenvalue weighted by molar-refractivity contribution is 1.07. The zero-order chi connectivity index (χ0) is 13.9. The van der Waals surface area contributed by atoms with E-state index in [2.05, 4.69) is 15.0 Å².